The number of hydrogen-bond donors (Lipinski definition) is 0. The minimum absolute atomic E-state index is 0.0817. The van der Waals surface area contributed by atoms with Crippen molar-refractivity contribution in [3.63, 3.8) is 0 Å². The van der Waals surface area contributed by atoms with Crippen molar-refractivity contribution in [2.75, 3.05) is 6.54 Å². The highest BCUT2D eigenvalue weighted by Gasteiger charge is 2.71. The average Bonchev–Trinajstić information content (AvgIpc) is 2.60. The van der Waals surface area contributed by atoms with Crippen LogP contribution in [0.3, 0.4) is 0 Å². The summed E-state index contributed by atoms with van der Waals surface area (Å²) < 4.78 is -0.110. The molecule has 2 rings (SSSR count). The Morgan fingerprint density at radius 3 is 2.53 bits per heavy atom. The molecule has 3 nitrogen and oxygen atoms in total. The zero-order chi connectivity index (χ0) is 11.4. The molecule has 1 amide bonds. The van der Waals surface area contributed by atoms with E-state index in [1.54, 1.807) is 11.8 Å². The third kappa shape index (κ3) is 1.58. The van der Waals surface area contributed by atoms with Crippen molar-refractivity contribution in [3.8, 4) is 0 Å². The van der Waals surface area contributed by atoms with Crippen LogP contribution in [0.4, 0.5) is 0 Å². The van der Waals surface area contributed by atoms with Gasteiger partial charge in [0.25, 0.3) is 0 Å². The van der Waals surface area contributed by atoms with Crippen LogP contribution in [0.5, 0.6) is 0 Å². The minimum atomic E-state index is -0.235. The molecule has 0 N–H and O–H groups in total. The zero-order valence-electron chi connectivity index (χ0n) is 8.67. The first kappa shape index (κ1) is 11.6. The number of carbonyl (C=O) groups is 2. The predicted molar refractivity (Wildman–Crippen MR) is 64.0 cm³/mol. The van der Waals surface area contributed by atoms with Crippen molar-refractivity contribution >= 4 is 43.6 Å². The van der Waals surface area contributed by atoms with Crippen molar-refractivity contribution in [1.82, 2.24) is 4.90 Å². The molecule has 15 heavy (non-hydrogen) atoms. The molecule has 1 aliphatic heterocycles. The molecule has 1 aliphatic carbocycles. The van der Waals surface area contributed by atoms with Gasteiger partial charge in [0, 0.05) is 24.8 Å². The van der Waals surface area contributed by atoms with Crippen LogP contribution in [-0.2, 0) is 9.59 Å². The standard InChI is InChI=1S/C10H13Br2NO2/c1-3-7(15)13-4-6-8(10(6,11)12)9(13)5(2)14/h6,8-9H,3-4H2,1-2H3/t6-,8-,9?/m0/s1. The highest BCUT2D eigenvalue weighted by atomic mass is 79.9. The number of nitrogens with zero attached hydrogens (tertiary/aromatic N) is 1. The number of carbonyl (C=O) groups excluding carboxylic acids is 2. The van der Waals surface area contributed by atoms with E-state index in [0.717, 1.165) is 0 Å². The molecule has 2 aliphatic rings. The molecule has 0 aromatic heterocycles. The van der Waals surface area contributed by atoms with Crippen molar-refractivity contribution in [3.05, 3.63) is 0 Å². The van der Waals surface area contributed by atoms with Crippen LogP contribution in [-0.4, -0.2) is 32.4 Å². The summed E-state index contributed by atoms with van der Waals surface area (Å²) in [6, 6.07) is -0.235. The molecule has 1 saturated carbocycles. The molecule has 1 saturated heterocycles. The molecule has 2 fully saturated rings. The number of fused-ring (bicyclic) bond motifs is 1. The first-order chi connectivity index (χ1) is 6.91. The van der Waals surface area contributed by atoms with Gasteiger partial charge in [-0.05, 0) is 6.92 Å². The number of amides is 1. The summed E-state index contributed by atoms with van der Waals surface area (Å²) in [6.07, 6.45) is 0.473. The van der Waals surface area contributed by atoms with E-state index in [4.69, 9.17) is 0 Å². The maximum atomic E-state index is 11.6. The number of hydrogen-bond acceptors (Lipinski definition) is 2. The van der Waals surface area contributed by atoms with Crippen LogP contribution in [0.2, 0.25) is 0 Å². The van der Waals surface area contributed by atoms with Gasteiger partial charge in [0.1, 0.15) is 0 Å². The van der Waals surface area contributed by atoms with E-state index in [9.17, 15) is 9.59 Å². The lowest BCUT2D eigenvalue weighted by Crippen LogP contribution is -2.44. The maximum Gasteiger partial charge on any atom is 0.222 e. The maximum absolute atomic E-state index is 11.6. The molecular formula is C10H13Br2NO2. The van der Waals surface area contributed by atoms with E-state index in [1.165, 1.54) is 0 Å². The summed E-state index contributed by atoms with van der Waals surface area (Å²) in [5.74, 6) is 0.788. The molecule has 0 aromatic carbocycles. The number of halogens is 2. The second-order valence-electron chi connectivity index (χ2n) is 4.26. The monoisotopic (exact) mass is 337 g/mol. The first-order valence-electron chi connectivity index (χ1n) is 5.09. The van der Waals surface area contributed by atoms with Crippen LogP contribution >= 0.6 is 31.9 Å². The summed E-state index contributed by atoms with van der Waals surface area (Å²) >= 11 is 7.13. The molecule has 3 atom stereocenters. The van der Waals surface area contributed by atoms with Gasteiger partial charge in [-0.25, -0.2) is 0 Å². The van der Waals surface area contributed by atoms with Crippen LogP contribution in [0, 0.1) is 11.8 Å². The quantitative estimate of drug-likeness (QED) is 0.721. The van der Waals surface area contributed by atoms with Crippen molar-refractivity contribution < 1.29 is 9.59 Å². The fraction of sp³-hybridized carbons (Fsp3) is 0.800. The number of rotatable bonds is 2. The van der Waals surface area contributed by atoms with Gasteiger partial charge in [0.05, 0.1) is 9.28 Å². The molecule has 0 aromatic rings. The topological polar surface area (TPSA) is 37.4 Å². The Kier molecular flexibility index (Phi) is 2.74. The van der Waals surface area contributed by atoms with E-state index >= 15 is 0 Å². The van der Waals surface area contributed by atoms with Crippen LogP contribution in [0.15, 0.2) is 0 Å². The number of Topliss-reactive ketones (excluding diaryl/α,β-unsaturated/α-hetero) is 1. The number of ketones is 1. The Bertz CT molecular complexity index is 329. The largest absolute Gasteiger partial charge is 0.332 e. The molecule has 0 spiro atoms. The van der Waals surface area contributed by atoms with Gasteiger partial charge in [-0.3, -0.25) is 9.59 Å². The van der Waals surface area contributed by atoms with Crippen LogP contribution < -0.4 is 0 Å². The zero-order valence-corrected chi connectivity index (χ0v) is 11.8. The van der Waals surface area contributed by atoms with Gasteiger partial charge in [-0.15, -0.1) is 0 Å². The third-order valence-corrected chi connectivity index (χ3v) is 5.61. The Hall–Kier alpha value is 0.1000. The SMILES string of the molecule is CCC(=O)N1C[C@H]2[C@@H](C1C(C)=O)C2(Br)Br. The van der Waals surface area contributed by atoms with Crippen molar-refractivity contribution in [1.29, 1.82) is 0 Å². The lowest BCUT2D eigenvalue weighted by atomic mass is 10.1. The van der Waals surface area contributed by atoms with Gasteiger partial charge in [0.15, 0.2) is 5.78 Å². The first-order valence-corrected chi connectivity index (χ1v) is 6.67. The van der Waals surface area contributed by atoms with E-state index in [1.807, 2.05) is 6.92 Å². The number of likely N-dealkylation sites (tertiary alicyclic amines) is 1. The normalized spacial score (nSPS) is 36.3. The van der Waals surface area contributed by atoms with Gasteiger partial charge >= 0.3 is 0 Å². The third-order valence-electron chi connectivity index (χ3n) is 3.37. The lowest BCUT2D eigenvalue weighted by Gasteiger charge is -2.27. The second-order valence-corrected chi connectivity index (χ2v) is 7.95. The Balaban J connectivity index is 2.19. The summed E-state index contributed by atoms with van der Waals surface area (Å²) in [5, 5.41) is 0. The Labute approximate surface area is 106 Å². The van der Waals surface area contributed by atoms with Crippen LogP contribution in [0.1, 0.15) is 20.3 Å². The summed E-state index contributed by atoms with van der Waals surface area (Å²) in [5.41, 5.74) is 0. The summed E-state index contributed by atoms with van der Waals surface area (Å²) in [6.45, 7) is 4.09. The van der Waals surface area contributed by atoms with Gasteiger partial charge < -0.3 is 4.90 Å². The van der Waals surface area contributed by atoms with Crippen LogP contribution in [0.25, 0.3) is 0 Å². The fourth-order valence-corrected chi connectivity index (χ4v) is 4.27. The van der Waals surface area contributed by atoms with E-state index in [0.29, 0.717) is 18.9 Å². The number of alkyl halides is 2. The molecular weight excluding hydrogens is 326 g/mol. The van der Waals surface area contributed by atoms with E-state index in [-0.39, 0.29) is 26.9 Å². The average molecular weight is 339 g/mol. The summed E-state index contributed by atoms with van der Waals surface area (Å²) in [7, 11) is 0. The minimum Gasteiger partial charge on any atom is -0.332 e. The highest BCUT2D eigenvalue weighted by Crippen LogP contribution is 2.67. The Morgan fingerprint density at radius 2 is 2.07 bits per heavy atom. The number of piperidine rings is 1. The van der Waals surface area contributed by atoms with Gasteiger partial charge in [-0.1, -0.05) is 38.8 Å². The molecule has 84 valence electrons. The summed E-state index contributed by atoms with van der Waals surface area (Å²) in [4.78, 5) is 24.9. The van der Waals surface area contributed by atoms with Gasteiger partial charge in [0.2, 0.25) is 5.91 Å². The lowest BCUT2D eigenvalue weighted by molar-refractivity contribution is -0.137. The second kappa shape index (κ2) is 3.55. The Morgan fingerprint density at radius 1 is 1.47 bits per heavy atom. The smallest absolute Gasteiger partial charge is 0.222 e. The van der Waals surface area contributed by atoms with Crippen molar-refractivity contribution in [2.45, 2.75) is 29.5 Å². The molecule has 0 bridgehead atoms. The van der Waals surface area contributed by atoms with Crippen molar-refractivity contribution in [2.24, 2.45) is 11.8 Å². The highest BCUT2D eigenvalue weighted by molar-refractivity contribution is 9.25. The van der Waals surface area contributed by atoms with E-state index < -0.39 is 0 Å². The van der Waals surface area contributed by atoms with E-state index in [2.05, 4.69) is 31.9 Å². The molecule has 1 heterocycles. The fourth-order valence-electron chi connectivity index (χ4n) is 2.53. The molecule has 5 heteroatoms. The van der Waals surface area contributed by atoms with Gasteiger partial charge in [-0.2, -0.15) is 0 Å². The predicted octanol–water partition coefficient (Wildman–Crippen LogP) is 1.93. The molecule has 0 radical (unpaired) electrons. The molecule has 1 unspecified atom stereocenters.